The predicted octanol–water partition coefficient (Wildman–Crippen LogP) is 3.91. The number of carbonyl (C=O) groups excluding carboxylic acids is 3. The number of hydrogen-bond acceptors (Lipinski definition) is 4. The predicted molar refractivity (Wildman–Crippen MR) is 135 cm³/mol. The van der Waals surface area contributed by atoms with Crippen molar-refractivity contribution in [2.75, 3.05) is 5.32 Å². The molecule has 0 saturated heterocycles. The van der Waals surface area contributed by atoms with E-state index in [-0.39, 0.29) is 18.0 Å². The van der Waals surface area contributed by atoms with Gasteiger partial charge in [-0.15, -0.1) is 0 Å². The average Bonchev–Trinajstić information content (AvgIpc) is 3.16. The van der Waals surface area contributed by atoms with Crippen LogP contribution in [0.5, 0.6) is 0 Å². The third kappa shape index (κ3) is 5.05. The molecule has 0 aliphatic carbocycles. The zero-order valence-corrected chi connectivity index (χ0v) is 19.5. The van der Waals surface area contributed by atoms with Gasteiger partial charge in [0, 0.05) is 27.1 Å². The van der Waals surface area contributed by atoms with Crippen LogP contribution in [0.1, 0.15) is 26.3 Å². The van der Waals surface area contributed by atoms with Gasteiger partial charge in [0.2, 0.25) is 5.91 Å². The highest BCUT2D eigenvalue weighted by Crippen LogP contribution is 2.21. The lowest BCUT2D eigenvalue weighted by molar-refractivity contribution is -0.118. The largest absolute Gasteiger partial charge is 0.368 e. The van der Waals surface area contributed by atoms with Crippen molar-refractivity contribution < 1.29 is 14.4 Å². The van der Waals surface area contributed by atoms with E-state index in [1.54, 1.807) is 53.2 Å². The molecule has 4 N–H and O–H groups in total. The Balaban J connectivity index is 1.52. The highest BCUT2D eigenvalue weighted by Gasteiger charge is 2.15. The Morgan fingerprint density at radius 2 is 1.59 bits per heavy atom. The van der Waals surface area contributed by atoms with Gasteiger partial charge in [-0.1, -0.05) is 42.5 Å². The maximum Gasteiger partial charge on any atom is 0.273 e. The molecule has 0 spiro atoms. The summed E-state index contributed by atoms with van der Waals surface area (Å²) >= 11 is 3.36. The number of halogens is 1. The van der Waals surface area contributed by atoms with Gasteiger partial charge in [-0.25, -0.2) is 5.43 Å². The van der Waals surface area contributed by atoms with E-state index >= 15 is 0 Å². The SMILES string of the molecule is NC(=O)Cn1cc(/C=N\NC(=O)c2ccccc2NC(=O)c2ccccc2Br)c2ccccc21. The lowest BCUT2D eigenvalue weighted by Gasteiger charge is -2.10. The van der Waals surface area contributed by atoms with Crippen molar-refractivity contribution in [1.82, 2.24) is 9.99 Å². The van der Waals surface area contributed by atoms with Crippen LogP contribution in [0, 0.1) is 0 Å². The van der Waals surface area contributed by atoms with Gasteiger partial charge in [0.05, 0.1) is 23.0 Å². The molecule has 8 nitrogen and oxygen atoms in total. The molecule has 0 fully saturated rings. The van der Waals surface area contributed by atoms with Gasteiger partial charge >= 0.3 is 0 Å². The van der Waals surface area contributed by atoms with Gasteiger partial charge in [-0.3, -0.25) is 14.4 Å². The summed E-state index contributed by atoms with van der Waals surface area (Å²) in [4.78, 5) is 36.9. The zero-order valence-electron chi connectivity index (χ0n) is 17.9. The van der Waals surface area contributed by atoms with Crippen molar-refractivity contribution in [3.8, 4) is 0 Å². The van der Waals surface area contributed by atoms with Crippen molar-refractivity contribution in [2.45, 2.75) is 6.54 Å². The van der Waals surface area contributed by atoms with E-state index < -0.39 is 11.8 Å². The van der Waals surface area contributed by atoms with Gasteiger partial charge in [0.1, 0.15) is 6.54 Å². The van der Waals surface area contributed by atoms with Crippen molar-refractivity contribution >= 4 is 56.5 Å². The molecule has 9 heteroatoms. The average molecular weight is 518 g/mol. The number of primary amides is 1. The van der Waals surface area contributed by atoms with Gasteiger partial charge in [-0.2, -0.15) is 5.10 Å². The number of hydrazone groups is 1. The molecular weight excluding hydrogens is 498 g/mol. The fourth-order valence-electron chi connectivity index (χ4n) is 3.52. The van der Waals surface area contributed by atoms with Crippen LogP contribution in [-0.4, -0.2) is 28.5 Å². The molecule has 170 valence electrons. The van der Waals surface area contributed by atoms with Crippen LogP contribution in [0.25, 0.3) is 10.9 Å². The number of nitrogens with zero attached hydrogens (tertiary/aromatic N) is 2. The lowest BCUT2D eigenvalue weighted by Crippen LogP contribution is -2.21. The molecule has 0 aliphatic rings. The smallest absolute Gasteiger partial charge is 0.273 e. The van der Waals surface area contributed by atoms with Gasteiger partial charge < -0.3 is 15.6 Å². The fraction of sp³-hybridized carbons (Fsp3) is 0.0400. The summed E-state index contributed by atoms with van der Waals surface area (Å²) in [5.41, 5.74) is 10.4. The highest BCUT2D eigenvalue weighted by atomic mass is 79.9. The number of rotatable bonds is 7. The summed E-state index contributed by atoms with van der Waals surface area (Å²) in [6.45, 7) is 0.0331. The van der Waals surface area contributed by atoms with Crippen molar-refractivity contribution in [1.29, 1.82) is 0 Å². The van der Waals surface area contributed by atoms with E-state index in [9.17, 15) is 14.4 Å². The summed E-state index contributed by atoms with van der Waals surface area (Å²) in [6, 6.07) is 21.2. The number of para-hydroxylation sites is 2. The van der Waals surface area contributed by atoms with E-state index in [0.717, 1.165) is 10.9 Å². The molecule has 0 bridgehead atoms. The summed E-state index contributed by atoms with van der Waals surface area (Å²) in [5.74, 6) is -1.29. The van der Waals surface area contributed by atoms with Gasteiger partial charge in [0.25, 0.3) is 11.8 Å². The second-order valence-electron chi connectivity index (χ2n) is 7.37. The minimum absolute atomic E-state index is 0.0331. The Bertz CT molecular complexity index is 1430. The Hall–Kier alpha value is -4.24. The zero-order chi connectivity index (χ0) is 24.1. The number of hydrogen-bond donors (Lipinski definition) is 3. The minimum atomic E-state index is -0.486. The van der Waals surface area contributed by atoms with E-state index in [0.29, 0.717) is 21.3 Å². The molecule has 3 aromatic carbocycles. The second-order valence-corrected chi connectivity index (χ2v) is 8.23. The lowest BCUT2D eigenvalue weighted by atomic mass is 10.1. The van der Waals surface area contributed by atoms with Crippen LogP contribution in [0.3, 0.4) is 0 Å². The first-order chi connectivity index (χ1) is 16.4. The van der Waals surface area contributed by atoms with Crippen LogP contribution in [0.2, 0.25) is 0 Å². The second kappa shape index (κ2) is 10.1. The van der Waals surface area contributed by atoms with Crippen molar-refractivity contribution in [3.05, 3.63) is 100 Å². The number of anilines is 1. The third-order valence-corrected chi connectivity index (χ3v) is 5.75. The Kier molecular flexibility index (Phi) is 6.84. The van der Waals surface area contributed by atoms with E-state index in [4.69, 9.17) is 5.73 Å². The molecule has 0 atom stereocenters. The van der Waals surface area contributed by atoms with E-state index in [2.05, 4.69) is 31.8 Å². The topological polar surface area (TPSA) is 119 Å². The molecule has 4 rings (SSSR count). The molecule has 0 unspecified atom stereocenters. The first-order valence-corrected chi connectivity index (χ1v) is 11.1. The molecule has 0 aliphatic heterocycles. The number of amides is 3. The summed E-state index contributed by atoms with van der Waals surface area (Å²) in [7, 11) is 0. The summed E-state index contributed by atoms with van der Waals surface area (Å²) in [5, 5.41) is 7.72. The van der Waals surface area contributed by atoms with Gasteiger partial charge in [-0.05, 0) is 46.3 Å². The minimum Gasteiger partial charge on any atom is -0.368 e. The summed E-state index contributed by atoms with van der Waals surface area (Å²) < 4.78 is 2.38. The van der Waals surface area contributed by atoms with Crippen LogP contribution in [-0.2, 0) is 11.3 Å². The molecule has 0 saturated carbocycles. The van der Waals surface area contributed by atoms with E-state index in [1.165, 1.54) is 6.21 Å². The number of fused-ring (bicyclic) bond motifs is 1. The molecule has 3 amide bonds. The van der Waals surface area contributed by atoms with Crippen LogP contribution >= 0.6 is 15.9 Å². The Morgan fingerprint density at radius 3 is 2.35 bits per heavy atom. The monoisotopic (exact) mass is 517 g/mol. The van der Waals surface area contributed by atoms with Crippen LogP contribution in [0.4, 0.5) is 5.69 Å². The van der Waals surface area contributed by atoms with Crippen molar-refractivity contribution in [2.24, 2.45) is 10.8 Å². The van der Waals surface area contributed by atoms with Crippen molar-refractivity contribution in [3.63, 3.8) is 0 Å². The summed E-state index contributed by atoms with van der Waals surface area (Å²) in [6.07, 6.45) is 3.25. The first kappa shape index (κ1) is 22.9. The molecular formula is C25H20BrN5O3. The van der Waals surface area contributed by atoms with Gasteiger partial charge in [0.15, 0.2) is 0 Å². The molecule has 34 heavy (non-hydrogen) atoms. The number of aromatic nitrogens is 1. The maximum atomic E-state index is 12.8. The van der Waals surface area contributed by atoms with Crippen LogP contribution < -0.4 is 16.5 Å². The fourth-order valence-corrected chi connectivity index (χ4v) is 3.99. The first-order valence-electron chi connectivity index (χ1n) is 10.3. The third-order valence-electron chi connectivity index (χ3n) is 5.05. The molecule has 1 heterocycles. The molecule has 4 aromatic rings. The number of carbonyl (C=O) groups is 3. The maximum absolute atomic E-state index is 12.8. The highest BCUT2D eigenvalue weighted by molar-refractivity contribution is 9.10. The Morgan fingerprint density at radius 1 is 0.912 bits per heavy atom. The van der Waals surface area contributed by atoms with Crippen LogP contribution in [0.15, 0.2) is 88.6 Å². The number of nitrogens with two attached hydrogens (primary N) is 1. The van der Waals surface area contributed by atoms with E-state index in [1.807, 2.05) is 30.3 Å². The number of nitrogens with one attached hydrogen (secondary N) is 2. The normalized spacial score (nSPS) is 11.0. The number of benzene rings is 3. The quantitative estimate of drug-likeness (QED) is 0.254. The molecule has 0 radical (unpaired) electrons. The standard InChI is InChI=1S/C25H20BrN5O3/c26-20-10-4-1-8-18(20)24(33)29-21-11-5-2-9-19(21)25(34)30-28-13-16-14-31(15-23(27)32)22-12-6-3-7-17(16)22/h1-14H,15H2,(H2,27,32)(H,29,33)(H,30,34)/b28-13-. The molecule has 1 aromatic heterocycles. The Labute approximate surface area is 203 Å².